The van der Waals surface area contributed by atoms with E-state index in [0.29, 0.717) is 24.1 Å². The standard InChI is InChI=1S/C25H28N6O2S/c1-17-11-12-18(14-26-17)15-31-24(34-20-9-5-4-6-10-20)21-22(27-31)30(25(33)29(3)23(21)32)16-19-8-7-13-28(19)2/h4-6,9-12,14,19H,7-8,13,15-16H2,1-3H3. The van der Waals surface area contributed by atoms with Crippen molar-refractivity contribution in [3.63, 3.8) is 0 Å². The van der Waals surface area contributed by atoms with Gasteiger partial charge in [0.2, 0.25) is 0 Å². The smallest absolute Gasteiger partial charge is 0.302 e. The predicted octanol–water partition coefficient (Wildman–Crippen LogP) is 2.89. The molecule has 1 saturated heterocycles. The minimum Gasteiger partial charge on any atom is -0.302 e. The van der Waals surface area contributed by atoms with Crippen LogP contribution in [0.3, 0.4) is 0 Å². The zero-order valence-corrected chi connectivity index (χ0v) is 20.5. The van der Waals surface area contributed by atoms with Crippen LogP contribution in [0, 0.1) is 6.92 Å². The van der Waals surface area contributed by atoms with Gasteiger partial charge in [-0.05, 0) is 57.1 Å². The highest BCUT2D eigenvalue weighted by molar-refractivity contribution is 7.99. The molecule has 0 aliphatic carbocycles. The van der Waals surface area contributed by atoms with Crippen LogP contribution >= 0.6 is 11.8 Å². The molecule has 0 saturated carbocycles. The fraction of sp³-hybridized carbons (Fsp3) is 0.360. The molecule has 4 aromatic rings. The molecule has 1 aliphatic rings. The third-order valence-corrected chi connectivity index (χ3v) is 7.62. The molecule has 0 amide bonds. The van der Waals surface area contributed by atoms with Crippen molar-refractivity contribution in [3.8, 4) is 0 Å². The van der Waals surface area contributed by atoms with E-state index in [1.165, 1.54) is 16.3 Å². The van der Waals surface area contributed by atoms with Crippen LogP contribution in [-0.4, -0.2) is 48.4 Å². The van der Waals surface area contributed by atoms with Gasteiger partial charge in [-0.3, -0.25) is 23.6 Å². The molecule has 4 heterocycles. The van der Waals surface area contributed by atoms with Gasteiger partial charge in [0.1, 0.15) is 10.4 Å². The number of rotatable bonds is 6. The van der Waals surface area contributed by atoms with Gasteiger partial charge in [0.25, 0.3) is 5.56 Å². The summed E-state index contributed by atoms with van der Waals surface area (Å²) >= 11 is 1.49. The summed E-state index contributed by atoms with van der Waals surface area (Å²) in [5, 5.41) is 6.07. The summed E-state index contributed by atoms with van der Waals surface area (Å²) in [4.78, 5) is 34.3. The molecule has 1 aliphatic heterocycles. The number of pyridine rings is 1. The molecule has 34 heavy (non-hydrogen) atoms. The molecule has 1 atom stereocenters. The van der Waals surface area contributed by atoms with E-state index in [-0.39, 0.29) is 17.3 Å². The van der Waals surface area contributed by atoms with Crippen LogP contribution in [0.25, 0.3) is 11.0 Å². The van der Waals surface area contributed by atoms with E-state index < -0.39 is 0 Å². The van der Waals surface area contributed by atoms with E-state index in [4.69, 9.17) is 5.10 Å². The number of aromatic nitrogens is 5. The van der Waals surface area contributed by atoms with E-state index in [0.717, 1.165) is 40.6 Å². The van der Waals surface area contributed by atoms with Gasteiger partial charge >= 0.3 is 5.69 Å². The van der Waals surface area contributed by atoms with E-state index in [1.807, 2.05) is 60.3 Å². The Balaban J connectivity index is 1.70. The molecule has 1 unspecified atom stereocenters. The quantitative estimate of drug-likeness (QED) is 0.426. The van der Waals surface area contributed by atoms with Gasteiger partial charge in [-0.25, -0.2) is 4.79 Å². The summed E-state index contributed by atoms with van der Waals surface area (Å²) in [6.07, 6.45) is 3.96. The lowest BCUT2D eigenvalue weighted by Crippen LogP contribution is -2.41. The summed E-state index contributed by atoms with van der Waals surface area (Å²) < 4.78 is 4.73. The van der Waals surface area contributed by atoms with Gasteiger partial charge in [-0.1, -0.05) is 36.0 Å². The molecule has 176 valence electrons. The van der Waals surface area contributed by atoms with Crippen molar-refractivity contribution < 1.29 is 0 Å². The van der Waals surface area contributed by atoms with Gasteiger partial charge in [0.15, 0.2) is 5.65 Å². The minimum absolute atomic E-state index is 0.245. The maximum absolute atomic E-state index is 13.4. The number of likely N-dealkylation sites (tertiary alicyclic amines) is 1. The Labute approximate surface area is 201 Å². The Kier molecular flexibility index (Phi) is 6.14. The molecule has 0 radical (unpaired) electrons. The van der Waals surface area contributed by atoms with Crippen LogP contribution in [0.1, 0.15) is 24.1 Å². The van der Waals surface area contributed by atoms with Crippen molar-refractivity contribution in [1.82, 2.24) is 28.8 Å². The summed E-state index contributed by atoms with van der Waals surface area (Å²) in [5.41, 5.74) is 1.73. The third kappa shape index (κ3) is 4.21. The van der Waals surface area contributed by atoms with Gasteiger partial charge in [-0.2, -0.15) is 5.10 Å². The fourth-order valence-electron chi connectivity index (χ4n) is 4.50. The highest BCUT2D eigenvalue weighted by atomic mass is 32.2. The zero-order chi connectivity index (χ0) is 23.8. The summed E-state index contributed by atoms with van der Waals surface area (Å²) in [7, 11) is 3.64. The summed E-state index contributed by atoms with van der Waals surface area (Å²) in [6, 6.07) is 14.2. The molecule has 8 nitrogen and oxygen atoms in total. The van der Waals surface area contributed by atoms with Gasteiger partial charge in [0.05, 0.1) is 6.54 Å². The zero-order valence-electron chi connectivity index (χ0n) is 19.6. The van der Waals surface area contributed by atoms with Crippen molar-refractivity contribution in [2.75, 3.05) is 13.6 Å². The lowest BCUT2D eigenvalue weighted by Gasteiger charge is -2.20. The largest absolute Gasteiger partial charge is 0.332 e. The second-order valence-electron chi connectivity index (χ2n) is 8.92. The second-order valence-corrected chi connectivity index (χ2v) is 9.98. The predicted molar refractivity (Wildman–Crippen MR) is 134 cm³/mol. The summed E-state index contributed by atoms with van der Waals surface area (Å²) in [5.74, 6) is 0. The highest BCUT2D eigenvalue weighted by Gasteiger charge is 2.26. The molecule has 3 aromatic heterocycles. The van der Waals surface area contributed by atoms with Crippen LogP contribution in [0.5, 0.6) is 0 Å². The first kappa shape index (κ1) is 22.6. The Bertz CT molecular complexity index is 1440. The normalized spacial score (nSPS) is 16.5. The molecule has 0 spiro atoms. The van der Waals surface area contributed by atoms with Crippen molar-refractivity contribution in [2.45, 2.75) is 48.8 Å². The average molecular weight is 477 g/mol. The monoisotopic (exact) mass is 476 g/mol. The highest BCUT2D eigenvalue weighted by Crippen LogP contribution is 2.32. The Hall–Kier alpha value is -3.17. The maximum Gasteiger partial charge on any atom is 0.332 e. The van der Waals surface area contributed by atoms with Crippen molar-refractivity contribution in [1.29, 1.82) is 0 Å². The Morgan fingerprint density at radius 2 is 1.88 bits per heavy atom. The molecule has 1 aromatic carbocycles. The fourth-order valence-corrected chi connectivity index (χ4v) is 5.51. The second kappa shape index (κ2) is 9.23. The number of aryl methyl sites for hydroxylation is 1. The topological polar surface area (TPSA) is 78.0 Å². The van der Waals surface area contributed by atoms with Crippen molar-refractivity contribution in [3.05, 3.63) is 80.8 Å². The minimum atomic E-state index is -0.323. The first-order valence-electron chi connectivity index (χ1n) is 11.5. The lowest BCUT2D eigenvalue weighted by molar-refractivity contribution is 0.280. The third-order valence-electron chi connectivity index (χ3n) is 6.51. The van der Waals surface area contributed by atoms with Crippen LogP contribution in [-0.2, 0) is 20.1 Å². The molecule has 0 bridgehead atoms. The van der Waals surface area contributed by atoms with E-state index in [9.17, 15) is 9.59 Å². The van der Waals surface area contributed by atoms with Crippen LogP contribution < -0.4 is 11.2 Å². The van der Waals surface area contributed by atoms with Crippen molar-refractivity contribution >= 4 is 22.8 Å². The molecule has 1 fully saturated rings. The number of likely N-dealkylation sites (N-methyl/N-ethyl adjacent to an activating group) is 1. The first-order chi connectivity index (χ1) is 16.4. The molecular formula is C25H28N6O2S. The first-order valence-corrected chi connectivity index (χ1v) is 12.3. The maximum atomic E-state index is 13.4. The Morgan fingerprint density at radius 3 is 2.56 bits per heavy atom. The van der Waals surface area contributed by atoms with Crippen molar-refractivity contribution in [2.24, 2.45) is 7.05 Å². The van der Waals surface area contributed by atoms with E-state index in [2.05, 4.69) is 16.9 Å². The van der Waals surface area contributed by atoms with E-state index >= 15 is 0 Å². The van der Waals surface area contributed by atoms with Crippen LogP contribution in [0.15, 0.2) is 68.2 Å². The number of fused-ring (bicyclic) bond motifs is 1. The summed E-state index contributed by atoms with van der Waals surface area (Å²) in [6.45, 7) is 3.93. The molecular weight excluding hydrogens is 448 g/mol. The number of benzene rings is 1. The van der Waals surface area contributed by atoms with E-state index in [1.54, 1.807) is 11.6 Å². The molecule has 5 rings (SSSR count). The number of hydrogen-bond acceptors (Lipinski definition) is 6. The molecule has 0 N–H and O–H groups in total. The van der Waals surface area contributed by atoms with Crippen LogP contribution in [0.4, 0.5) is 0 Å². The molecule has 9 heteroatoms. The van der Waals surface area contributed by atoms with Gasteiger partial charge in [-0.15, -0.1) is 0 Å². The lowest BCUT2D eigenvalue weighted by atomic mass is 10.2. The average Bonchev–Trinajstić information content (AvgIpc) is 3.40. The van der Waals surface area contributed by atoms with Crippen LogP contribution in [0.2, 0.25) is 0 Å². The SMILES string of the molecule is Cc1ccc(Cn2nc3c(c2Sc2ccccc2)c(=O)n(C)c(=O)n3CC2CCCN2C)cn1. The van der Waals surface area contributed by atoms with Gasteiger partial charge in [0, 0.05) is 36.4 Å². The number of hydrogen-bond donors (Lipinski definition) is 0. The number of nitrogens with zero attached hydrogens (tertiary/aromatic N) is 6. The Morgan fingerprint density at radius 1 is 1.09 bits per heavy atom. The van der Waals surface area contributed by atoms with Gasteiger partial charge < -0.3 is 4.90 Å².